The molecule has 0 radical (unpaired) electrons. The number of amides is 1. The van der Waals surface area contributed by atoms with Gasteiger partial charge in [-0.1, -0.05) is 30.3 Å². The molecule has 0 saturated heterocycles. The van der Waals surface area contributed by atoms with Gasteiger partial charge in [0.05, 0.1) is 35.0 Å². The maximum Gasteiger partial charge on any atom is 0.328 e. The third-order valence-corrected chi connectivity index (χ3v) is 4.91. The van der Waals surface area contributed by atoms with Crippen LogP contribution in [0.1, 0.15) is 11.1 Å². The van der Waals surface area contributed by atoms with Gasteiger partial charge >= 0.3 is 5.97 Å². The fourth-order valence-electron chi connectivity index (χ4n) is 3.21. The zero-order chi connectivity index (χ0) is 22.1. The molecular weight excluding hydrogens is 410 g/mol. The normalized spacial score (nSPS) is 11.4. The van der Waals surface area contributed by atoms with Crippen molar-refractivity contribution >= 4 is 23.5 Å². The highest BCUT2D eigenvalue weighted by Gasteiger charge is 2.32. The molecular formula is C22H26ClNO6. The molecule has 2 aromatic rings. The minimum absolute atomic E-state index is 0.0711. The molecule has 8 heteroatoms. The fraction of sp³-hybridized carbons (Fsp3) is 0.364. The maximum absolute atomic E-state index is 12.7. The van der Waals surface area contributed by atoms with Crippen LogP contribution in [0.25, 0.3) is 0 Å². The van der Waals surface area contributed by atoms with Gasteiger partial charge in [0.15, 0.2) is 11.5 Å². The first-order valence-corrected chi connectivity index (χ1v) is 9.79. The van der Waals surface area contributed by atoms with Crippen LogP contribution < -0.4 is 14.2 Å². The van der Waals surface area contributed by atoms with Gasteiger partial charge in [-0.25, -0.2) is 4.79 Å². The molecule has 0 bridgehead atoms. The molecule has 7 nitrogen and oxygen atoms in total. The lowest BCUT2D eigenvalue weighted by Crippen LogP contribution is -2.47. The van der Waals surface area contributed by atoms with Gasteiger partial charge in [0, 0.05) is 12.0 Å². The van der Waals surface area contributed by atoms with Crippen LogP contribution in [0.2, 0.25) is 0 Å². The lowest BCUT2D eigenvalue weighted by atomic mass is 10.0. The Morgan fingerprint density at radius 3 is 2.13 bits per heavy atom. The van der Waals surface area contributed by atoms with E-state index in [2.05, 4.69) is 0 Å². The molecule has 0 spiro atoms. The van der Waals surface area contributed by atoms with Gasteiger partial charge in [0.25, 0.3) is 0 Å². The largest absolute Gasteiger partial charge is 0.493 e. The summed E-state index contributed by atoms with van der Waals surface area (Å²) in [5.41, 5.74) is 1.52. The van der Waals surface area contributed by atoms with Crippen LogP contribution in [0, 0.1) is 0 Å². The van der Waals surface area contributed by atoms with Gasteiger partial charge in [-0.2, -0.15) is 0 Å². The second-order valence-electron chi connectivity index (χ2n) is 6.38. The molecule has 0 aliphatic heterocycles. The van der Waals surface area contributed by atoms with Crippen LogP contribution in [0.5, 0.6) is 17.2 Å². The number of esters is 1. The third kappa shape index (κ3) is 5.36. The summed E-state index contributed by atoms with van der Waals surface area (Å²) in [4.78, 5) is 26.7. The SMILES string of the molecule is COC(=O)[C@H](Cc1ccccc1)N(Cc1ccc(OC)c(OC)c1OC)C(=O)CCl. The summed E-state index contributed by atoms with van der Waals surface area (Å²) in [6.07, 6.45) is 0.283. The third-order valence-electron chi connectivity index (χ3n) is 4.68. The predicted octanol–water partition coefficient (Wildman–Crippen LogP) is 3.06. The van der Waals surface area contributed by atoms with Crippen LogP contribution >= 0.6 is 11.6 Å². The van der Waals surface area contributed by atoms with E-state index in [0.29, 0.717) is 22.8 Å². The Hall–Kier alpha value is -2.93. The molecule has 0 fully saturated rings. The number of halogens is 1. The Morgan fingerprint density at radius 2 is 1.60 bits per heavy atom. The Labute approximate surface area is 181 Å². The second-order valence-corrected chi connectivity index (χ2v) is 6.64. The summed E-state index contributed by atoms with van der Waals surface area (Å²) in [6.45, 7) is 0.0711. The van der Waals surface area contributed by atoms with E-state index in [-0.39, 0.29) is 18.8 Å². The van der Waals surface area contributed by atoms with Crippen LogP contribution in [-0.4, -0.2) is 57.1 Å². The van der Waals surface area contributed by atoms with Gasteiger partial charge < -0.3 is 23.8 Å². The van der Waals surface area contributed by atoms with Crippen molar-refractivity contribution in [2.45, 2.75) is 19.0 Å². The highest BCUT2D eigenvalue weighted by atomic mass is 35.5. The molecule has 1 amide bonds. The Morgan fingerprint density at radius 1 is 0.933 bits per heavy atom. The number of rotatable bonds is 10. The Bertz CT molecular complexity index is 858. The minimum atomic E-state index is -0.860. The first-order chi connectivity index (χ1) is 14.5. The average molecular weight is 436 g/mol. The molecule has 1 atom stereocenters. The summed E-state index contributed by atoms with van der Waals surface area (Å²) in [7, 11) is 5.81. The van der Waals surface area contributed by atoms with Crippen molar-refractivity contribution in [2.75, 3.05) is 34.3 Å². The van der Waals surface area contributed by atoms with E-state index in [1.165, 1.54) is 33.3 Å². The molecule has 162 valence electrons. The highest BCUT2D eigenvalue weighted by molar-refractivity contribution is 6.27. The van der Waals surface area contributed by atoms with Crippen molar-refractivity contribution in [1.82, 2.24) is 4.90 Å². The first kappa shape index (κ1) is 23.3. The van der Waals surface area contributed by atoms with E-state index in [9.17, 15) is 9.59 Å². The smallest absolute Gasteiger partial charge is 0.328 e. The van der Waals surface area contributed by atoms with E-state index in [1.54, 1.807) is 12.1 Å². The number of benzene rings is 2. The summed E-state index contributed by atoms with van der Waals surface area (Å²) >= 11 is 5.87. The van der Waals surface area contributed by atoms with Crippen LogP contribution in [0.15, 0.2) is 42.5 Å². The van der Waals surface area contributed by atoms with Crippen LogP contribution in [-0.2, 0) is 27.3 Å². The van der Waals surface area contributed by atoms with Gasteiger partial charge in [-0.05, 0) is 17.7 Å². The fourth-order valence-corrected chi connectivity index (χ4v) is 3.37. The monoisotopic (exact) mass is 435 g/mol. The number of methoxy groups -OCH3 is 4. The number of ether oxygens (including phenoxy) is 4. The summed E-state index contributed by atoms with van der Waals surface area (Å²) < 4.78 is 21.2. The van der Waals surface area contributed by atoms with Crippen molar-refractivity contribution in [1.29, 1.82) is 0 Å². The van der Waals surface area contributed by atoms with Crippen molar-refractivity contribution in [3.05, 3.63) is 53.6 Å². The topological polar surface area (TPSA) is 74.3 Å². The van der Waals surface area contributed by atoms with E-state index in [4.69, 9.17) is 30.5 Å². The average Bonchev–Trinajstić information content (AvgIpc) is 2.80. The maximum atomic E-state index is 12.7. The molecule has 30 heavy (non-hydrogen) atoms. The Kier molecular flexibility index (Phi) is 8.80. The molecule has 2 aromatic carbocycles. The molecule has 2 rings (SSSR count). The van der Waals surface area contributed by atoms with Gasteiger partial charge in [-0.15, -0.1) is 11.6 Å². The summed E-state index contributed by atoms with van der Waals surface area (Å²) in [5, 5.41) is 0. The van der Waals surface area contributed by atoms with Crippen molar-refractivity contribution < 1.29 is 28.5 Å². The van der Waals surface area contributed by atoms with Crippen molar-refractivity contribution in [3.8, 4) is 17.2 Å². The molecule has 0 saturated carbocycles. The summed E-state index contributed by atoms with van der Waals surface area (Å²) in [5.74, 6) is 0.0810. The lowest BCUT2D eigenvalue weighted by Gasteiger charge is -2.30. The van der Waals surface area contributed by atoms with Gasteiger partial charge in [-0.3, -0.25) is 4.79 Å². The number of alkyl halides is 1. The van der Waals surface area contributed by atoms with E-state index in [1.807, 2.05) is 30.3 Å². The van der Waals surface area contributed by atoms with Crippen molar-refractivity contribution in [3.63, 3.8) is 0 Å². The van der Waals surface area contributed by atoms with Gasteiger partial charge in [0.1, 0.15) is 11.9 Å². The quantitative estimate of drug-likeness (QED) is 0.422. The number of nitrogens with zero attached hydrogens (tertiary/aromatic N) is 1. The highest BCUT2D eigenvalue weighted by Crippen LogP contribution is 2.40. The predicted molar refractivity (Wildman–Crippen MR) is 113 cm³/mol. The number of carbonyl (C=O) groups excluding carboxylic acids is 2. The van der Waals surface area contributed by atoms with E-state index < -0.39 is 17.9 Å². The number of carbonyl (C=O) groups is 2. The number of hydrogen-bond acceptors (Lipinski definition) is 6. The number of hydrogen-bond donors (Lipinski definition) is 0. The van der Waals surface area contributed by atoms with Crippen LogP contribution in [0.3, 0.4) is 0 Å². The van der Waals surface area contributed by atoms with E-state index >= 15 is 0 Å². The Balaban J connectivity index is 2.48. The van der Waals surface area contributed by atoms with Gasteiger partial charge in [0.2, 0.25) is 11.7 Å². The van der Waals surface area contributed by atoms with Crippen LogP contribution in [0.4, 0.5) is 0 Å². The minimum Gasteiger partial charge on any atom is -0.493 e. The lowest BCUT2D eigenvalue weighted by molar-refractivity contribution is -0.152. The second kappa shape index (κ2) is 11.3. The standard InChI is InChI=1S/C22H26ClNO6/c1-27-18-11-10-16(20(28-2)21(18)29-3)14-24(19(25)13-23)17(22(26)30-4)12-15-8-6-5-7-9-15/h5-11,17H,12-14H2,1-4H3/t17-/m0/s1. The molecule has 0 aliphatic carbocycles. The summed E-state index contributed by atoms with van der Waals surface area (Å²) in [6, 6.07) is 12.0. The molecule has 0 heterocycles. The molecule has 0 aliphatic rings. The zero-order valence-electron chi connectivity index (χ0n) is 17.5. The van der Waals surface area contributed by atoms with E-state index in [0.717, 1.165) is 5.56 Å². The zero-order valence-corrected chi connectivity index (χ0v) is 18.3. The molecule has 0 unspecified atom stereocenters. The molecule has 0 aromatic heterocycles. The first-order valence-electron chi connectivity index (χ1n) is 9.25. The van der Waals surface area contributed by atoms with Crippen molar-refractivity contribution in [2.24, 2.45) is 0 Å². The molecule has 0 N–H and O–H groups in total.